The maximum atomic E-state index is 3.16. The summed E-state index contributed by atoms with van der Waals surface area (Å²) in [6, 6.07) is 8.98. The minimum absolute atomic E-state index is 0.829. The fraction of sp³-hybridized carbons (Fsp3) is 0.143. The molecular formula is C7H7N2. The molecule has 0 unspecified atom stereocenters. The first kappa shape index (κ1) is 4.68. The number of rotatable bonds is 0. The number of nitrogens with one attached hydrogen (secondary N) is 2. The largest absolute Gasteiger partial charge is 0.366 e. The van der Waals surface area contributed by atoms with Crippen molar-refractivity contribution in [2.45, 2.75) is 0 Å². The predicted octanol–water partition coefficient (Wildman–Crippen LogP) is 1.28. The molecule has 1 aliphatic rings. The quantitative estimate of drug-likeness (QED) is 0.537. The molecule has 0 atom stereocenters. The molecule has 2 heteroatoms. The second-order valence-electron chi connectivity index (χ2n) is 1.99. The zero-order chi connectivity index (χ0) is 6.10. The topological polar surface area (TPSA) is 24.1 Å². The van der Waals surface area contributed by atoms with Crippen LogP contribution in [0.15, 0.2) is 18.2 Å². The lowest BCUT2D eigenvalue weighted by Crippen LogP contribution is -1.98. The summed E-state index contributed by atoms with van der Waals surface area (Å²) in [7, 11) is 0. The first-order valence-electron chi connectivity index (χ1n) is 2.95. The smallest absolute Gasteiger partial charge is 0.0851 e. The van der Waals surface area contributed by atoms with E-state index in [1.807, 2.05) is 18.2 Å². The number of anilines is 2. The number of hydrogen-bond acceptors (Lipinski definition) is 2. The molecule has 0 saturated heterocycles. The van der Waals surface area contributed by atoms with Crippen LogP contribution in [0.1, 0.15) is 0 Å². The SMILES string of the molecule is [c]1cccc2c1NCN2. The summed E-state index contributed by atoms with van der Waals surface area (Å²) < 4.78 is 0. The van der Waals surface area contributed by atoms with E-state index in [9.17, 15) is 0 Å². The van der Waals surface area contributed by atoms with E-state index in [4.69, 9.17) is 0 Å². The Morgan fingerprint density at radius 3 is 3.33 bits per heavy atom. The molecule has 9 heavy (non-hydrogen) atoms. The molecule has 0 aromatic heterocycles. The van der Waals surface area contributed by atoms with Gasteiger partial charge in [0.05, 0.1) is 18.0 Å². The van der Waals surface area contributed by atoms with E-state index in [1.165, 1.54) is 0 Å². The van der Waals surface area contributed by atoms with Crippen molar-refractivity contribution in [1.29, 1.82) is 0 Å². The molecule has 1 aromatic rings. The van der Waals surface area contributed by atoms with E-state index in [-0.39, 0.29) is 0 Å². The van der Waals surface area contributed by atoms with Crippen LogP contribution in [-0.2, 0) is 0 Å². The number of para-hydroxylation sites is 1. The highest BCUT2D eigenvalue weighted by molar-refractivity contribution is 5.71. The van der Waals surface area contributed by atoms with Gasteiger partial charge in [0.2, 0.25) is 0 Å². The van der Waals surface area contributed by atoms with Crippen LogP contribution in [0.3, 0.4) is 0 Å². The molecule has 1 aliphatic heterocycles. The highest BCUT2D eigenvalue weighted by atomic mass is 15.1. The van der Waals surface area contributed by atoms with Crippen LogP contribution in [0.5, 0.6) is 0 Å². The van der Waals surface area contributed by atoms with Crippen molar-refractivity contribution in [3.05, 3.63) is 24.3 Å². The molecule has 0 bridgehead atoms. The average Bonchev–Trinajstić information content (AvgIpc) is 2.33. The highest BCUT2D eigenvalue weighted by Gasteiger charge is 2.04. The standard InChI is InChI=1S/C7H7N2/c1-2-4-7-6(3-1)8-5-9-7/h1-3,8-9H,5H2. The summed E-state index contributed by atoms with van der Waals surface area (Å²) in [6.07, 6.45) is 0. The van der Waals surface area contributed by atoms with Gasteiger partial charge in [0.15, 0.2) is 0 Å². The van der Waals surface area contributed by atoms with Crippen LogP contribution >= 0.6 is 0 Å². The third-order valence-electron chi connectivity index (χ3n) is 1.40. The predicted molar refractivity (Wildman–Crippen MR) is 37.4 cm³/mol. The Morgan fingerprint density at radius 2 is 2.44 bits per heavy atom. The average molecular weight is 119 g/mol. The molecule has 2 rings (SSSR count). The van der Waals surface area contributed by atoms with Crippen molar-refractivity contribution in [1.82, 2.24) is 0 Å². The van der Waals surface area contributed by atoms with Crippen LogP contribution in [0.2, 0.25) is 0 Å². The molecule has 0 amide bonds. The third-order valence-corrected chi connectivity index (χ3v) is 1.40. The van der Waals surface area contributed by atoms with Gasteiger partial charge in [-0.2, -0.15) is 0 Å². The Labute approximate surface area is 53.9 Å². The number of benzene rings is 1. The summed E-state index contributed by atoms with van der Waals surface area (Å²) >= 11 is 0. The highest BCUT2D eigenvalue weighted by Crippen LogP contribution is 2.23. The molecule has 1 aromatic carbocycles. The van der Waals surface area contributed by atoms with Gasteiger partial charge in [-0.15, -0.1) is 0 Å². The monoisotopic (exact) mass is 119 g/mol. The number of fused-ring (bicyclic) bond motifs is 1. The van der Waals surface area contributed by atoms with Crippen LogP contribution in [0, 0.1) is 6.07 Å². The maximum Gasteiger partial charge on any atom is 0.0851 e. The van der Waals surface area contributed by atoms with Gasteiger partial charge < -0.3 is 10.6 Å². The van der Waals surface area contributed by atoms with Gasteiger partial charge in [-0.3, -0.25) is 0 Å². The lowest BCUT2D eigenvalue weighted by Gasteiger charge is -1.92. The molecule has 2 nitrogen and oxygen atoms in total. The van der Waals surface area contributed by atoms with Gasteiger partial charge in [0, 0.05) is 6.07 Å². The van der Waals surface area contributed by atoms with Crippen LogP contribution in [0.25, 0.3) is 0 Å². The zero-order valence-electron chi connectivity index (χ0n) is 4.94. The zero-order valence-corrected chi connectivity index (χ0v) is 4.94. The van der Waals surface area contributed by atoms with Gasteiger partial charge in [0.25, 0.3) is 0 Å². The van der Waals surface area contributed by atoms with Gasteiger partial charge in [-0.05, 0) is 6.07 Å². The molecule has 1 heterocycles. The Bertz CT molecular complexity index is 197. The Morgan fingerprint density at radius 1 is 1.44 bits per heavy atom. The van der Waals surface area contributed by atoms with Gasteiger partial charge in [-0.25, -0.2) is 0 Å². The van der Waals surface area contributed by atoms with E-state index in [1.54, 1.807) is 0 Å². The van der Waals surface area contributed by atoms with Crippen LogP contribution in [0.4, 0.5) is 11.4 Å². The summed E-state index contributed by atoms with van der Waals surface area (Å²) in [5.74, 6) is 0. The fourth-order valence-corrected chi connectivity index (χ4v) is 0.958. The lowest BCUT2D eigenvalue weighted by molar-refractivity contribution is 1.31. The minimum atomic E-state index is 0.829. The Balaban J connectivity index is 2.54. The molecule has 0 fully saturated rings. The van der Waals surface area contributed by atoms with Crippen molar-refractivity contribution in [2.75, 3.05) is 17.3 Å². The minimum Gasteiger partial charge on any atom is -0.366 e. The molecule has 0 spiro atoms. The normalized spacial score (nSPS) is 13.8. The van der Waals surface area contributed by atoms with E-state index in [0.29, 0.717) is 0 Å². The van der Waals surface area contributed by atoms with E-state index in [0.717, 1.165) is 18.0 Å². The summed E-state index contributed by atoms with van der Waals surface area (Å²) in [4.78, 5) is 0. The van der Waals surface area contributed by atoms with Crippen LogP contribution in [-0.4, -0.2) is 6.67 Å². The number of hydrogen-bond donors (Lipinski definition) is 2. The first-order chi connectivity index (χ1) is 4.47. The van der Waals surface area contributed by atoms with Crippen molar-refractivity contribution < 1.29 is 0 Å². The van der Waals surface area contributed by atoms with Gasteiger partial charge in [0.1, 0.15) is 0 Å². The second kappa shape index (κ2) is 1.65. The molecule has 1 radical (unpaired) electrons. The molecular weight excluding hydrogens is 112 g/mol. The first-order valence-corrected chi connectivity index (χ1v) is 2.95. The summed E-state index contributed by atoms with van der Waals surface area (Å²) in [6.45, 7) is 0.829. The molecule has 0 aliphatic carbocycles. The molecule has 45 valence electrons. The summed E-state index contributed by atoms with van der Waals surface area (Å²) in [5.41, 5.74) is 2.23. The van der Waals surface area contributed by atoms with E-state index in [2.05, 4.69) is 16.7 Å². The lowest BCUT2D eigenvalue weighted by atomic mass is 10.3. The third kappa shape index (κ3) is 0.633. The van der Waals surface area contributed by atoms with Gasteiger partial charge >= 0.3 is 0 Å². The maximum absolute atomic E-state index is 3.16. The second-order valence-corrected chi connectivity index (χ2v) is 1.99. The van der Waals surface area contributed by atoms with E-state index >= 15 is 0 Å². The fourth-order valence-electron chi connectivity index (χ4n) is 0.958. The van der Waals surface area contributed by atoms with Crippen molar-refractivity contribution in [3.63, 3.8) is 0 Å². The van der Waals surface area contributed by atoms with Crippen molar-refractivity contribution >= 4 is 11.4 Å². The van der Waals surface area contributed by atoms with E-state index < -0.39 is 0 Å². The summed E-state index contributed by atoms with van der Waals surface area (Å²) in [5, 5.41) is 6.29. The van der Waals surface area contributed by atoms with Crippen molar-refractivity contribution in [2.24, 2.45) is 0 Å². The van der Waals surface area contributed by atoms with Gasteiger partial charge in [-0.1, -0.05) is 12.1 Å². The van der Waals surface area contributed by atoms with Crippen LogP contribution < -0.4 is 10.6 Å². The molecule has 2 N–H and O–H groups in total. The van der Waals surface area contributed by atoms with Crippen molar-refractivity contribution in [3.8, 4) is 0 Å². The Hall–Kier alpha value is -1.18. The molecule has 0 saturated carbocycles. The Kier molecular flexibility index (Phi) is 0.859.